The number of hydrogen-bond acceptors (Lipinski definition) is 3. The highest BCUT2D eigenvalue weighted by molar-refractivity contribution is 14.0. The molecule has 0 saturated heterocycles. The highest BCUT2D eigenvalue weighted by Crippen LogP contribution is 2.19. The van der Waals surface area contributed by atoms with E-state index < -0.39 is 0 Å². The smallest absolute Gasteiger partial charge is 0.191 e. The summed E-state index contributed by atoms with van der Waals surface area (Å²) < 4.78 is 5.85. The first-order chi connectivity index (χ1) is 11.6. The molecular formula is C18H29ClIN3O2. The standard InChI is InChI=1S/C18H28ClN3O2.HI/c1-3-20-18(22-15-7-9-16(23)10-8-15)21-12-13(2)24-17-6-4-5-14(19)11-17;/h4-6,11,13,15-16,23H,3,7-10,12H2,1-2H3,(H2,20,21,22);1H. The number of aliphatic hydroxyl groups is 1. The van der Waals surface area contributed by atoms with Crippen molar-refractivity contribution in [3.05, 3.63) is 29.3 Å². The molecule has 0 radical (unpaired) electrons. The van der Waals surface area contributed by atoms with Crippen LogP contribution in [0.4, 0.5) is 0 Å². The van der Waals surface area contributed by atoms with Crippen LogP contribution in [0.1, 0.15) is 39.5 Å². The monoisotopic (exact) mass is 481 g/mol. The number of aliphatic hydroxyl groups excluding tert-OH is 1. The Bertz CT molecular complexity index is 537. The summed E-state index contributed by atoms with van der Waals surface area (Å²) in [6.07, 6.45) is 3.46. The molecule has 0 bridgehead atoms. The van der Waals surface area contributed by atoms with Gasteiger partial charge in [-0.05, 0) is 57.7 Å². The number of ether oxygens (including phenoxy) is 1. The lowest BCUT2D eigenvalue weighted by atomic mass is 9.93. The molecule has 5 nitrogen and oxygen atoms in total. The van der Waals surface area contributed by atoms with Gasteiger partial charge in [-0.1, -0.05) is 17.7 Å². The summed E-state index contributed by atoms with van der Waals surface area (Å²) in [5.41, 5.74) is 0. The Morgan fingerprint density at radius 1 is 1.36 bits per heavy atom. The van der Waals surface area contributed by atoms with Gasteiger partial charge >= 0.3 is 0 Å². The van der Waals surface area contributed by atoms with Gasteiger partial charge in [0.05, 0.1) is 12.6 Å². The molecule has 1 aromatic carbocycles. The SMILES string of the molecule is CCNC(=NCC(C)Oc1cccc(Cl)c1)NC1CCC(O)CC1.I. The average Bonchev–Trinajstić information content (AvgIpc) is 2.55. The Kier molecular flexibility index (Phi) is 10.5. The molecule has 2 rings (SSSR count). The van der Waals surface area contributed by atoms with Crippen LogP contribution in [-0.4, -0.2) is 42.4 Å². The van der Waals surface area contributed by atoms with E-state index in [0.717, 1.165) is 43.9 Å². The largest absolute Gasteiger partial charge is 0.489 e. The van der Waals surface area contributed by atoms with Crippen LogP contribution in [0, 0.1) is 0 Å². The minimum Gasteiger partial charge on any atom is -0.489 e. The molecule has 1 atom stereocenters. The average molecular weight is 482 g/mol. The summed E-state index contributed by atoms with van der Waals surface area (Å²) in [7, 11) is 0. The zero-order chi connectivity index (χ0) is 17.4. The third kappa shape index (κ3) is 8.46. The van der Waals surface area contributed by atoms with Crippen molar-refractivity contribution >= 4 is 41.5 Å². The van der Waals surface area contributed by atoms with Gasteiger partial charge < -0.3 is 20.5 Å². The molecule has 0 heterocycles. The summed E-state index contributed by atoms with van der Waals surface area (Å²) in [4.78, 5) is 4.62. The van der Waals surface area contributed by atoms with E-state index in [0.29, 0.717) is 17.6 Å². The maximum Gasteiger partial charge on any atom is 0.191 e. The van der Waals surface area contributed by atoms with Gasteiger partial charge in [-0.2, -0.15) is 0 Å². The predicted octanol–water partition coefficient (Wildman–Crippen LogP) is 3.58. The molecule has 0 aliphatic heterocycles. The van der Waals surface area contributed by atoms with Crippen LogP contribution in [0.3, 0.4) is 0 Å². The van der Waals surface area contributed by atoms with Gasteiger partial charge in [0.25, 0.3) is 0 Å². The van der Waals surface area contributed by atoms with Gasteiger partial charge in [0.15, 0.2) is 5.96 Å². The lowest BCUT2D eigenvalue weighted by Crippen LogP contribution is -2.45. The van der Waals surface area contributed by atoms with E-state index >= 15 is 0 Å². The van der Waals surface area contributed by atoms with Crippen molar-refractivity contribution < 1.29 is 9.84 Å². The van der Waals surface area contributed by atoms with Gasteiger partial charge in [0, 0.05) is 17.6 Å². The van der Waals surface area contributed by atoms with Gasteiger partial charge in [0.2, 0.25) is 0 Å². The molecular weight excluding hydrogens is 453 g/mol. The van der Waals surface area contributed by atoms with E-state index in [1.54, 1.807) is 6.07 Å². The van der Waals surface area contributed by atoms with Crippen molar-refractivity contribution in [3.63, 3.8) is 0 Å². The zero-order valence-electron chi connectivity index (χ0n) is 14.9. The number of nitrogens with one attached hydrogen (secondary N) is 2. The normalized spacial score (nSPS) is 21.8. The highest BCUT2D eigenvalue weighted by atomic mass is 127. The minimum absolute atomic E-state index is 0. The molecule has 1 aliphatic carbocycles. The molecule has 25 heavy (non-hydrogen) atoms. The minimum atomic E-state index is -0.145. The third-order valence-corrected chi connectivity index (χ3v) is 4.26. The Morgan fingerprint density at radius 3 is 2.72 bits per heavy atom. The van der Waals surface area contributed by atoms with E-state index in [2.05, 4.69) is 15.6 Å². The van der Waals surface area contributed by atoms with Crippen molar-refractivity contribution in [3.8, 4) is 5.75 Å². The van der Waals surface area contributed by atoms with Gasteiger partial charge in [-0.25, -0.2) is 4.99 Å². The highest BCUT2D eigenvalue weighted by Gasteiger charge is 2.20. The van der Waals surface area contributed by atoms with Crippen LogP contribution in [0.15, 0.2) is 29.3 Å². The van der Waals surface area contributed by atoms with E-state index in [-0.39, 0.29) is 36.2 Å². The summed E-state index contributed by atoms with van der Waals surface area (Å²) in [5, 5.41) is 17.0. The number of benzene rings is 1. The number of guanidine groups is 1. The van der Waals surface area contributed by atoms with E-state index in [1.807, 2.05) is 32.0 Å². The third-order valence-electron chi connectivity index (χ3n) is 4.02. The fourth-order valence-corrected chi connectivity index (χ4v) is 2.94. The van der Waals surface area contributed by atoms with Gasteiger partial charge in [-0.15, -0.1) is 24.0 Å². The number of aliphatic imine (C=N–C) groups is 1. The van der Waals surface area contributed by atoms with E-state index in [4.69, 9.17) is 16.3 Å². The second-order valence-corrected chi connectivity index (χ2v) is 6.69. The van der Waals surface area contributed by atoms with Gasteiger partial charge in [-0.3, -0.25) is 0 Å². The van der Waals surface area contributed by atoms with Crippen molar-refractivity contribution in [2.75, 3.05) is 13.1 Å². The molecule has 1 fully saturated rings. The molecule has 1 aromatic rings. The Balaban J connectivity index is 0.00000312. The van der Waals surface area contributed by atoms with E-state index in [1.165, 1.54) is 0 Å². The van der Waals surface area contributed by atoms with Crippen LogP contribution in [0.5, 0.6) is 5.75 Å². The molecule has 0 spiro atoms. The molecule has 0 aromatic heterocycles. The molecule has 1 saturated carbocycles. The van der Waals surface area contributed by atoms with Crippen molar-refractivity contribution in [2.45, 2.75) is 57.8 Å². The Labute approximate surface area is 172 Å². The number of hydrogen-bond donors (Lipinski definition) is 3. The quantitative estimate of drug-likeness (QED) is 0.330. The number of nitrogens with zero attached hydrogens (tertiary/aromatic N) is 1. The van der Waals surface area contributed by atoms with Crippen LogP contribution in [0.2, 0.25) is 5.02 Å². The fourth-order valence-electron chi connectivity index (χ4n) is 2.76. The lowest BCUT2D eigenvalue weighted by Gasteiger charge is -2.27. The molecule has 1 aliphatic rings. The molecule has 142 valence electrons. The van der Waals surface area contributed by atoms with Crippen molar-refractivity contribution in [1.29, 1.82) is 0 Å². The summed E-state index contributed by atoms with van der Waals surface area (Å²) in [5.74, 6) is 1.56. The van der Waals surface area contributed by atoms with Gasteiger partial charge in [0.1, 0.15) is 11.9 Å². The first-order valence-electron chi connectivity index (χ1n) is 8.72. The van der Waals surface area contributed by atoms with Crippen LogP contribution >= 0.6 is 35.6 Å². The second-order valence-electron chi connectivity index (χ2n) is 6.26. The Hall–Kier alpha value is -0.730. The maximum atomic E-state index is 9.60. The van der Waals surface area contributed by atoms with Crippen LogP contribution in [0.25, 0.3) is 0 Å². The summed E-state index contributed by atoms with van der Waals surface area (Å²) >= 11 is 5.97. The summed E-state index contributed by atoms with van der Waals surface area (Å²) in [6, 6.07) is 7.76. The number of halogens is 2. The number of rotatable bonds is 6. The molecule has 1 unspecified atom stereocenters. The zero-order valence-corrected chi connectivity index (χ0v) is 18.0. The molecule has 0 amide bonds. The first kappa shape index (κ1) is 22.3. The molecule has 3 N–H and O–H groups in total. The Morgan fingerprint density at radius 2 is 2.08 bits per heavy atom. The van der Waals surface area contributed by atoms with Crippen molar-refractivity contribution in [1.82, 2.24) is 10.6 Å². The van der Waals surface area contributed by atoms with E-state index in [9.17, 15) is 5.11 Å². The summed E-state index contributed by atoms with van der Waals surface area (Å²) in [6.45, 7) is 5.40. The topological polar surface area (TPSA) is 65.9 Å². The maximum absolute atomic E-state index is 9.60. The first-order valence-corrected chi connectivity index (χ1v) is 9.09. The van der Waals surface area contributed by atoms with Crippen LogP contribution in [-0.2, 0) is 0 Å². The second kappa shape index (κ2) is 11.8. The fraction of sp³-hybridized carbons (Fsp3) is 0.611. The predicted molar refractivity (Wildman–Crippen MR) is 114 cm³/mol. The molecule has 7 heteroatoms. The lowest BCUT2D eigenvalue weighted by molar-refractivity contribution is 0.120. The van der Waals surface area contributed by atoms with Crippen molar-refractivity contribution in [2.24, 2.45) is 4.99 Å². The van der Waals surface area contributed by atoms with Crippen LogP contribution < -0.4 is 15.4 Å².